The van der Waals surface area contributed by atoms with Crippen LogP contribution in [0.5, 0.6) is 17.2 Å². The quantitative estimate of drug-likeness (QED) is 0.0502. The first-order chi connectivity index (χ1) is 30.7. The number of fused-ring (bicyclic) bond motifs is 3. The Morgan fingerprint density at radius 1 is 0.908 bits per heavy atom. The lowest BCUT2D eigenvalue weighted by atomic mass is 9.50. The van der Waals surface area contributed by atoms with Crippen molar-refractivity contribution in [3.63, 3.8) is 0 Å². The summed E-state index contributed by atoms with van der Waals surface area (Å²) in [5.74, 6) is -5.76. The third-order valence-electron chi connectivity index (χ3n) is 12.6. The third-order valence-corrected chi connectivity index (χ3v) is 12.6. The Hall–Kier alpha value is -6.74. The minimum absolute atomic E-state index is 0.0123. The number of aromatic hydroxyl groups is 3. The van der Waals surface area contributed by atoms with Gasteiger partial charge in [-0.25, -0.2) is 9.59 Å². The summed E-state index contributed by atoms with van der Waals surface area (Å²) in [5, 5.41) is 81.0. The van der Waals surface area contributed by atoms with E-state index < -0.39 is 118 Å². The molecule has 1 saturated carbocycles. The molecule has 19 nitrogen and oxygen atoms in total. The SMILES string of the molecule is CC(=O)O[C@@H]1[C@@H](C)O[C@@H](c2ccc3c(c2O)[C@H](O)[C@@]24O[C@]2(C3=O)[C@]2(O)C(=O)C=C(C)C[C@]2(O)C[C@@H]4O)C[C@H]1OC(=O)C=CC=CC=CC=CC(=O)Nc1c(O)c2ccc(O)cc2oc1=O. The second-order valence-electron chi connectivity index (χ2n) is 16.7. The second-order valence-corrected chi connectivity index (χ2v) is 16.7. The fourth-order valence-corrected chi connectivity index (χ4v) is 9.75. The first-order valence-electron chi connectivity index (χ1n) is 20.3. The zero-order chi connectivity index (χ0) is 47.0. The molecule has 3 aliphatic carbocycles. The van der Waals surface area contributed by atoms with Gasteiger partial charge in [0.05, 0.1) is 23.7 Å². The van der Waals surface area contributed by atoms with Gasteiger partial charge in [-0.2, -0.15) is 0 Å². The molecule has 8 N–H and O–H groups in total. The lowest BCUT2D eigenvalue weighted by Crippen LogP contribution is -2.78. The van der Waals surface area contributed by atoms with Crippen LogP contribution in [-0.2, 0) is 38.1 Å². The number of ketones is 2. The number of carbonyl (C=O) groups excluding carboxylic acids is 5. The molecular weight excluding hydrogens is 854 g/mol. The molecule has 3 heterocycles. The molecule has 19 heteroatoms. The Balaban J connectivity index is 0.945. The highest BCUT2D eigenvalue weighted by Crippen LogP contribution is 2.73. The summed E-state index contributed by atoms with van der Waals surface area (Å²) >= 11 is 0. The minimum atomic E-state index is -2.88. The number of anilines is 1. The maximum Gasteiger partial charge on any atom is 0.364 e. The summed E-state index contributed by atoms with van der Waals surface area (Å²) in [6.45, 7) is 4.24. The van der Waals surface area contributed by atoms with Crippen molar-refractivity contribution in [2.24, 2.45) is 0 Å². The first-order valence-corrected chi connectivity index (χ1v) is 20.3. The number of aliphatic hydroxyl groups excluding tert-OH is 2. The van der Waals surface area contributed by atoms with Crippen LogP contribution in [0.4, 0.5) is 5.69 Å². The largest absolute Gasteiger partial charge is 0.508 e. The van der Waals surface area contributed by atoms with E-state index in [-0.39, 0.29) is 46.3 Å². The number of esters is 2. The number of epoxide rings is 1. The van der Waals surface area contributed by atoms with Gasteiger partial charge in [-0.15, -0.1) is 0 Å². The highest BCUT2D eigenvalue weighted by atomic mass is 16.7. The molecule has 5 aliphatic rings. The molecule has 1 amide bonds. The molecule has 2 saturated heterocycles. The van der Waals surface area contributed by atoms with Crippen LogP contribution in [0.1, 0.15) is 73.7 Å². The summed E-state index contributed by atoms with van der Waals surface area (Å²) in [7, 11) is 0. The first kappa shape index (κ1) is 44.9. The highest BCUT2D eigenvalue weighted by Gasteiger charge is 2.96. The number of aliphatic hydroxyl groups is 4. The average Bonchev–Trinajstić information content (AvgIpc) is 3.97. The van der Waals surface area contributed by atoms with Crippen molar-refractivity contribution >= 4 is 46.1 Å². The number of hydrogen-bond donors (Lipinski definition) is 8. The Bertz CT molecular complexity index is 2780. The fraction of sp³-hybridized carbons (Fsp3) is 0.348. The van der Waals surface area contributed by atoms with Crippen LogP contribution >= 0.6 is 0 Å². The molecule has 10 atom stereocenters. The van der Waals surface area contributed by atoms with Crippen molar-refractivity contribution in [3.8, 4) is 17.2 Å². The lowest BCUT2D eigenvalue weighted by Gasteiger charge is -2.54. The molecule has 8 rings (SSSR count). The van der Waals surface area contributed by atoms with Crippen molar-refractivity contribution in [2.45, 2.75) is 99.1 Å². The van der Waals surface area contributed by atoms with Crippen LogP contribution in [-0.4, -0.2) is 112 Å². The van der Waals surface area contributed by atoms with Crippen LogP contribution in [0.15, 0.2) is 99.8 Å². The molecule has 65 heavy (non-hydrogen) atoms. The van der Waals surface area contributed by atoms with Gasteiger partial charge in [-0.3, -0.25) is 19.2 Å². The zero-order valence-electron chi connectivity index (χ0n) is 34.8. The number of phenols is 2. The van der Waals surface area contributed by atoms with Gasteiger partial charge in [0.2, 0.25) is 17.3 Å². The molecule has 0 spiro atoms. The molecule has 1 aromatic heterocycles. The monoisotopic (exact) mass is 897 g/mol. The smallest absolute Gasteiger partial charge is 0.364 e. The van der Waals surface area contributed by atoms with E-state index >= 15 is 0 Å². The van der Waals surface area contributed by atoms with Crippen molar-refractivity contribution in [2.75, 3.05) is 5.32 Å². The zero-order valence-corrected chi connectivity index (χ0v) is 34.8. The average molecular weight is 898 g/mol. The Morgan fingerprint density at radius 2 is 1.60 bits per heavy atom. The molecule has 0 radical (unpaired) electrons. The topological polar surface area (TPSA) is 309 Å². The molecular formula is C46H43NO18. The highest BCUT2D eigenvalue weighted by molar-refractivity contribution is 6.17. The fourth-order valence-electron chi connectivity index (χ4n) is 9.75. The van der Waals surface area contributed by atoms with Gasteiger partial charge in [0.15, 0.2) is 34.5 Å². The number of nitrogens with one attached hydrogen (secondary N) is 1. The number of rotatable bonds is 9. The van der Waals surface area contributed by atoms with Crippen LogP contribution in [0.25, 0.3) is 11.0 Å². The normalized spacial score (nSPS) is 32.8. The van der Waals surface area contributed by atoms with Crippen LogP contribution < -0.4 is 10.9 Å². The van der Waals surface area contributed by atoms with Gasteiger partial charge in [-0.05, 0) is 32.1 Å². The Labute approximate surface area is 367 Å². The number of phenolic OH excluding ortho intramolecular Hbond substituents is 2. The number of carbonyl (C=O) groups is 5. The molecule has 2 aromatic carbocycles. The number of benzene rings is 2. The molecule has 0 unspecified atom stereocenters. The lowest BCUT2D eigenvalue weighted by molar-refractivity contribution is -0.210. The van der Waals surface area contributed by atoms with Crippen LogP contribution in [0.2, 0.25) is 0 Å². The van der Waals surface area contributed by atoms with E-state index in [9.17, 15) is 64.5 Å². The van der Waals surface area contributed by atoms with E-state index in [0.717, 1.165) is 31.2 Å². The van der Waals surface area contributed by atoms with E-state index in [0.29, 0.717) is 5.57 Å². The number of Topliss-reactive ketones (excluding diaryl/α,β-unsaturated/α-hetero) is 1. The van der Waals surface area contributed by atoms with Gasteiger partial charge in [0.1, 0.15) is 34.9 Å². The van der Waals surface area contributed by atoms with E-state index in [1.807, 2.05) is 0 Å². The molecule has 340 valence electrons. The van der Waals surface area contributed by atoms with Gasteiger partial charge >= 0.3 is 17.6 Å². The summed E-state index contributed by atoms with van der Waals surface area (Å²) < 4.78 is 28.2. The van der Waals surface area contributed by atoms with Gasteiger partial charge in [0, 0.05) is 61.1 Å². The molecule has 3 fully saturated rings. The Kier molecular flexibility index (Phi) is 11.1. The standard InChI is InChI=1S/C46H43NO18/c1-21-16-31(50)45(60)43(59,19-21)20-32(51)44-41(57)35-27(40(56)46(44,45)65-44)15-14-25(37(35)54)29-18-30(39(22(2)61-29)62-23(3)48)63-34(53)11-9-7-5-4-6-8-10-33(52)47-36-38(55)26-13-12-24(49)17-28(26)64-42(36)58/h4-17,22,29-30,32,39,41,49,51,54-55,57,59-60H,18-20H2,1-3H3,(H,47,52)/t22-,29-,30-,32+,39-,41+,43+,44-,45+,46+/m1/s1. The molecule has 0 bridgehead atoms. The van der Waals surface area contributed by atoms with Crippen molar-refractivity contribution < 1.29 is 83.1 Å². The number of allylic oxidation sites excluding steroid dienone is 6. The maximum absolute atomic E-state index is 14.4. The summed E-state index contributed by atoms with van der Waals surface area (Å²) in [4.78, 5) is 77.6. The Morgan fingerprint density at radius 3 is 2.31 bits per heavy atom. The predicted octanol–water partition coefficient (Wildman–Crippen LogP) is 2.35. The molecule has 2 aliphatic heterocycles. The van der Waals surface area contributed by atoms with Gasteiger partial charge in [0.25, 0.3) is 0 Å². The third kappa shape index (κ3) is 6.89. The van der Waals surface area contributed by atoms with E-state index in [4.69, 9.17) is 23.4 Å². The van der Waals surface area contributed by atoms with Gasteiger partial charge in [-0.1, -0.05) is 54.2 Å². The van der Waals surface area contributed by atoms with Crippen molar-refractivity contribution in [3.05, 3.63) is 118 Å². The van der Waals surface area contributed by atoms with Crippen molar-refractivity contribution in [1.29, 1.82) is 0 Å². The maximum atomic E-state index is 14.4. The van der Waals surface area contributed by atoms with E-state index in [1.54, 1.807) is 6.92 Å². The molecule has 3 aromatic rings. The minimum Gasteiger partial charge on any atom is -0.508 e. The predicted molar refractivity (Wildman–Crippen MR) is 222 cm³/mol. The van der Waals surface area contributed by atoms with Crippen LogP contribution in [0, 0.1) is 0 Å². The number of amides is 1. The van der Waals surface area contributed by atoms with Gasteiger partial charge < -0.3 is 64.4 Å². The summed E-state index contributed by atoms with van der Waals surface area (Å²) in [6.07, 6.45) is 2.65. The summed E-state index contributed by atoms with van der Waals surface area (Å²) in [6, 6.07) is 6.25. The van der Waals surface area contributed by atoms with E-state index in [2.05, 4.69) is 5.32 Å². The summed E-state index contributed by atoms with van der Waals surface area (Å²) in [5.41, 5.74) is -12.0. The number of hydrogen-bond acceptors (Lipinski definition) is 18. The van der Waals surface area contributed by atoms with E-state index in [1.165, 1.54) is 67.6 Å². The van der Waals surface area contributed by atoms with Crippen LogP contribution in [0.3, 0.4) is 0 Å². The second kappa shape index (κ2) is 16.1. The number of ether oxygens (including phenoxy) is 4. The van der Waals surface area contributed by atoms with Crippen molar-refractivity contribution in [1.82, 2.24) is 0 Å².